The van der Waals surface area contributed by atoms with Gasteiger partial charge in [0.2, 0.25) is 5.90 Å². The zero-order chi connectivity index (χ0) is 21.8. The van der Waals surface area contributed by atoms with E-state index in [0.717, 1.165) is 11.1 Å². The summed E-state index contributed by atoms with van der Waals surface area (Å²) in [4.78, 5) is 16.6. The zero-order valence-corrected chi connectivity index (χ0v) is 17.1. The Hall–Kier alpha value is -3.93. The van der Waals surface area contributed by atoms with Gasteiger partial charge in [0.25, 0.3) is 0 Å². The summed E-state index contributed by atoms with van der Waals surface area (Å²) in [6.07, 6.45) is 1.63. The van der Waals surface area contributed by atoms with Crippen molar-refractivity contribution < 1.29 is 23.4 Å². The first-order valence-electron chi connectivity index (χ1n) is 9.67. The van der Waals surface area contributed by atoms with E-state index in [1.807, 2.05) is 31.2 Å². The molecule has 0 aromatic heterocycles. The molecule has 6 heteroatoms. The molecule has 1 heterocycles. The molecule has 0 fully saturated rings. The Kier molecular flexibility index (Phi) is 5.80. The summed E-state index contributed by atoms with van der Waals surface area (Å²) >= 11 is 0. The predicted molar refractivity (Wildman–Crippen MR) is 116 cm³/mol. The van der Waals surface area contributed by atoms with Crippen LogP contribution in [0.1, 0.15) is 22.3 Å². The quantitative estimate of drug-likeness (QED) is 0.415. The van der Waals surface area contributed by atoms with Gasteiger partial charge in [-0.05, 0) is 60.0 Å². The van der Waals surface area contributed by atoms with Gasteiger partial charge in [-0.3, -0.25) is 0 Å². The third-order valence-corrected chi connectivity index (χ3v) is 4.77. The second-order valence-electron chi connectivity index (χ2n) is 6.98. The molecule has 156 valence electrons. The fourth-order valence-corrected chi connectivity index (χ4v) is 3.18. The van der Waals surface area contributed by atoms with E-state index in [-0.39, 0.29) is 24.0 Å². The number of aryl methyl sites for hydroxylation is 1. The number of nitrogens with zero attached hydrogens (tertiary/aromatic N) is 1. The lowest BCUT2D eigenvalue weighted by Gasteiger charge is -2.11. The van der Waals surface area contributed by atoms with Crippen molar-refractivity contribution in [3.63, 3.8) is 0 Å². The number of carbonyl (C=O) groups is 1. The van der Waals surface area contributed by atoms with Gasteiger partial charge in [0.05, 0.1) is 7.11 Å². The Bertz CT molecular complexity index is 1200. The van der Waals surface area contributed by atoms with Crippen molar-refractivity contribution in [2.45, 2.75) is 13.5 Å². The molecule has 0 unspecified atom stereocenters. The van der Waals surface area contributed by atoms with Crippen LogP contribution >= 0.6 is 0 Å². The number of hydrogen-bond donors (Lipinski definition) is 0. The van der Waals surface area contributed by atoms with Gasteiger partial charge in [0, 0.05) is 5.56 Å². The van der Waals surface area contributed by atoms with E-state index >= 15 is 0 Å². The minimum absolute atomic E-state index is 0.199. The van der Waals surface area contributed by atoms with Crippen LogP contribution in [0, 0.1) is 12.7 Å². The fourth-order valence-electron chi connectivity index (χ4n) is 3.18. The highest BCUT2D eigenvalue weighted by molar-refractivity contribution is 6.13. The maximum absolute atomic E-state index is 13.3. The van der Waals surface area contributed by atoms with E-state index in [9.17, 15) is 9.18 Å². The first-order chi connectivity index (χ1) is 15.0. The average molecular weight is 417 g/mol. The number of benzene rings is 3. The van der Waals surface area contributed by atoms with Crippen molar-refractivity contribution in [3.05, 3.63) is 100 Å². The first-order valence-corrected chi connectivity index (χ1v) is 9.67. The zero-order valence-electron chi connectivity index (χ0n) is 17.1. The Morgan fingerprint density at radius 1 is 1.03 bits per heavy atom. The highest BCUT2D eigenvalue weighted by Crippen LogP contribution is 2.30. The Labute approximate surface area is 179 Å². The van der Waals surface area contributed by atoms with E-state index in [1.165, 1.54) is 19.2 Å². The van der Waals surface area contributed by atoms with Gasteiger partial charge in [-0.15, -0.1) is 0 Å². The summed E-state index contributed by atoms with van der Waals surface area (Å²) in [5.74, 6) is 0.455. The van der Waals surface area contributed by atoms with E-state index in [1.54, 1.807) is 36.4 Å². The third kappa shape index (κ3) is 4.64. The van der Waals surface area contributed by atoms with E-state index in [2.05, 4.69) is 4.99 Å². The fraction of sp³-hybridized carbons (Fsp3) is 0.120. The Morgan fingerprint density at radius 2 is 1.87 bits per heavy atom. The minimum atomic E-state index is -0.511. The molecule has 1 aliphatic heterocycles. The summed E-state index contributed by atoms with van der Waals surface area (Å²) < 4.78 is 29.9. The highest BCUT2D eigenvalue weighted by Gasteiger charge is 2.25. The number of rotatable bonds is 6. The van der Waals surface area contributed by atoms with Crippen LogP contribution in [0.4, 0.5) is 4.39 Å². The molecule has 0 saturated carbocycles. The van der Waals surface area contributed by atoms with Gasteiger partial charge < -0.3 is 14.2 Å². The summed E-state index contributed by atoms with van der Waals surface area (Å²) in [6, 6.07) is 19.0. The number of halogens is 1. The lowest BCUT2D eigenvalue weighted by atomic mass is 10.1. The predicted octanol–water partition coefficient (Wildman–Crippen LogP) is 5.07. The van der Waals surface area contributed by atoms with Crippen LogP contribution in [0.3, 0.4) is 0 Å². The topological polar surface area (TPSA) is 57.1 Å². The number of aliphatic imine (C=N–C) groups is 1. The molecule has 0 aliphatic carbocycles. The van der Waals surface area contributed by atoms with Gasteiger partial charge in [-0.25, -0.2) is 14.2 Å². The van der Waals surface area contributed by atoms with Crippen molar-refractivity contribution >= 4 is 17.9 Å². The lowest BCUT2D eigenvalue weighted by Crippen LogP contribution is -2.06. The molecule has 0 radical (unpaired) electrons. The molecule has 0 saturated heterocycles. The van der Waals surface area contributed by atoms with Gasteiger partial charge in [0.15, 0.2) is 17.2 Å². The monoisotopic (exact) mass is 417 g/mol. The number of cyclic esters (lactones) is 1. The average Bonchev–Trinajstić information content (AvgIpc) is 3.13. The molecule has 0 N–H and O–H groups in total. The Morgan fingerprint density at radius 3 is 2.65 bits per heavy atom. The maximum atomic E-state index is 13.3. The molecule has 3 aromatic carbocycles. The van der Waals surface area contributed by atoms with Crippen LogP contribution in [0.2, 0.25) is 0 Å². The normalized spacial score (nSPS) is 14.4. The summed E-state index contributed by atoms with van der Waals surface area (Å²) in [5.41, 5.74) is 3.36. The van der Waals surface area contributed by atoms with E-state index in [4.69, 9.17) is 14.2 Å². The standard InChI is InChI=1S/C25H20FNO4/c1-16-6-3-4-9-20(16)24-27-21(25(28)31-24)13-17-10-11-22(23(14-17)29-2)30-15-18-7-5-8-19(26)12-18/h3-14H,15H2,1-2H3/b21-13-. The second-order valence-corrected chi connectivity index (χ2v) is 6.98. The maximum Gasteiger partial charge on any atom is 0.363 e. The molecule has 3 aromatic rings. The molecule has 0 bridgehead atoms. The van der Waals surface area contributed by atoms with Gasteiger partial charge in [-0.2, -0.15) is 0 Å². The van der Waals surface area contributed by atoms with Crippen molar-refractivity contribution in [3.8, 4) is 11.5 Å². The van der Waals surface area contributed by atoms with Crippen molar-refractivity contribution in [2.75, 3.05) is 7.11 Å². The minimum Gasteiger partial charge on any atom is -0.493 e. The van der Waals surface area contributed by atoms with Crippen LogP contribution in [0.15, 0.2) is 77.4 Å². The smallest absolute Gasteiger partial charge is 0.363 e. The molecular weight excluding hydrogens is 397 g/mol. The summed E-state index contributed by atoms with van der Waals surface area (Å²) in [6.45, 7) is 2.13. The SMILES string of the molecule is COc1cc(/C=C2\N=C(c3ccccc3C)OC2=O)ccc1OCc1cccc(F)c1. The molecule has 31 heavy (non-hydrogen) atoms. The largest absolute Gasteiger partial charge is 0.493 e. The molecule has 1 aliphatic rings. The number of carbonyl (C=O) groups excluding carboxylic acids is 1. The van der Waals surface area contributed by atoms with Crippen molar-refractivity contribution in [1.82, 2.24) is 0 Å². The van der Waals surface area contributed by atoms with E-state index < -0.39 is 5.97 Å². The number of ether oxygens (including phenoxy) is 3. The number of hydrogen-bond acceptors (Lipinski definition) is 5. The van der Waals surface area contributed by atoms with Crippen molar-refractivity contribution in [1.29, 1.82) is 0 Å². The summed E-state index contributed by atoms with van der Waals surface area (Å²) in [5, 5.41) is 0. The third-order valence-electron chi connectivity index (χ3n) is 4.77. The highest BCUT2D eigenvalue weighted by atomic mass is 19.1. The lowest BCUT2D eigenvalue weighted by molar-refractivity contribution is -0.129. The van der Waals surface area contributed by atoms with Crippen molar-refractivity contribution in [2.24, 2.45) is 4.99 Å². The van der Waals surface area contributed by atoms with Crippen LogP contribution in [-0.4, -0.2) is 19.0 Å². The van der Waals surface area contributed by atoms with E-state index in [0.29, 0.717) is 22.6 Å². The van der Waals surface area contributed by atoms with Crippen LogP contribution in [-0.2, 0) is 16.1 Å². The van der Waals surface area contributed by atoms with Gasteiger partial charge in [-0.1, -0.05) is 36.4 Å². The summed E-state index contributed by atoms with van der Waals surface area (Å²) in [7, 11) is 1.53. The Balaban J connectivity index is 1.55. The van der Waals surface area contributed by atoms with Crippen LogP contribution in [0.25, 0.3) is 6.08 Å². The molecule has 4 rings (SSSR count). The molecular formula is C25H20FNO4. The van der Waals surface area contributed by atoms with Gasteiger partial charge in [0.1, 0.15) is 12.4 Å². The molecule has 0 spiro atoms. The molecule has 0 atom stereocenters. The molecule has 0 amide bonds. The van der Waals surface area contributed by atoms with Crippen LogP contribution in [0.5, 0.6) is 11.5 Å². The van der Waals surface area contributed by atoms with Gasteiger partial charge >= 0.3 is 5.97 Å². The first kappa shape index (κ1) is 20.3. The van der Waals surface area contributed by atoms with Crippen LogP contribution < -0.4 is 9.47 Å². The number of methoxy groups -OCH3 is 1. The number of esters is 1. The molecule has 5 nitrogen and oxygen atoms in total. The second kappa shape index (κ2) is 8.83.